The van der Waals surface area contributed by atoms with E-state index in [4.69, 9.17) is 0 Å². The number of fused-ring (bicyclic) bond motifs is 2. The Morgan fingerprint density at radius 1 is 1.39 bits per heavy atom. The third-order valence-corrected chi connectivity index (χ3v) is 5.51. The van der Waals surface area contributed by atoms with Crippen molar-refractivity contribution in [2.75, 3.05) is 0 Å². The molecule has 2 bridgehead atoms. The molecule has 4 unspecified atom stereocenters. The molecule has 1 aromatic rings. The van der Waals surface area contributed by atoms with E-state index in [1.807, 2.05) is 24.3 Å². The maximum absolute atomic E-state index is 10.7. The van der Waals surface area contributed by atoms with Crippen molar-refractivity contribution in [3.8, 4) is 6.07 Å². The van der Waals surface area contributed by atoms with Crippen LogP contribution in [0.1, 0.15) is 37.4 Å². The van der Waals surface area contributed by atoms with Crippen molar-refractivity contribution in [2.45, 2.75) is 31.8 Å². The molecule has 2 fully saturated rings. The molecular weight excluding hydrogens is 290 g/mol. The molecule has 0 saturated heterocycles. The predicted octanol–water partition coefficient (Wildman–Crippen LogP) is 3.81. The van der Waals surface area contributed by atoms with Crippen molar-refractivity contribution in [2.24, 2.45) is 17.3 Å². The van der Waals surface area contributed by atoms with E-state index >= 15 is 0 Å². The molecule has 0 radical (unpaired) electrons. The highest BCUT2D eigenvalue weighted by Crippen LogP contribution is 2.60. The number of aliphatic hydroxyl groups excluding tert-OH is 1. The summed E-state index contributed by atoms with van der Waals surface area (Å²) < 4.78 is 0.898. The predicted molar refractivity (Wildman–Crippen MR) is 72.6 cm³/mol. The van der Waals surface area contributed by atoms with Crippen LogP contribution in [-0.4, -0.2) is 5.11 Å². The molecule has 1 N–H and O–H groups in total. The second-order valence-electron chi connectivity index (χ2n) is 5.66. The normalized spacial score (nSPS) is 35.4. The van der Waals surface area contributed by atoms with Gasteiger partial charge in [-0.25, -0.2) is 0 Å². The van der Waals surface area contributed by atoms with Crippen LogP contribution in [0.25, 0.3) is 0 Å². The summed E-state index contributed by atoms with van der Waals surface area (Å²) in [4.78, 5) is 0. The van der Waals surface area contributed by atoms with Crippen LogP contribution in [-0.2, 0) is 0 Å². The Morgan fingerprint density at radius 2 is 2.17 bits per heavy atom. The van der Waals surface area contributed by atoms with E-state index in [2.05, 4.69) is 22.0 Å². The topological polar surface area (TPSA) is 44.0 Å². The largest absolute Gasteiger partial charge is 0.387 e. The molecule has 0 heterocycles. The molecule has 3 heteroatoms. The molecule has 4 atom stereocenters. The van der Waals surface area contributed by atoms with Gasteiger partial charge in [0, 0.05) is 4.47 Å². The first-order chi connectivity index (χ1) is 8.67. The summed E-state index contributed by atoms with van der Waals surface area (Å²) in [6, 6.07) is 10.2. The summed E-state index contributed by atoms with van der Waals surface area (Å²) in [5.41, 5.74) is 0.291. The lowest BCUT2D eigenvalue weighted by Crippen LogP contribution is -2.33. The molecule has 2 aliphatic carbocycles. The molecule has 18 heavy (non-hydrogen) atoms. The van der Waals surface area contributed by atoms with Crippen LogP contribution in [0.3, 0.4) is 0 Å². The summed E-state index contributed by atoms with van der Waals surface area (Å²) in [6.45, 7) is 0. The van der Waals surface area contributed by atoms with E-state index < -0.39 is 11.5 Å². The van der Waals surface area contributed by atoms with Gasteiger partial charge in [0.25, 0.3) is 0 Å². The number of hydrogen-bond acceptors (Lipinski definition) is 2. The standard InChI is InChI=1S/C15H16BrNO/c16-13-4-2-1-3-12(13)14(18)15(9-17)8-10-5-6-11(15)7-10/h1-4,10-11,14,18H,5-8H2. The van der Waals surface area contributed by atoms with Gasteiger partial charge < -0.3 is 5.11 Å². The highest BCUT2D eigenvalue weighted by molar-refractivity contribution is 9.10. The highest BCUT2D eigenvalue weighted by atomic mass is 79.9. The van der Waals surface area contributed by atoms with Gasteiger partial charge in [-0.2, -0.15) is 5.26 Å². The third-order valence-electron chi connectivity index (χ3n) is 4.79. The van der Waals surface area contributed by atoms with Crippen LogP contribution in [0.5, 0.6) is 0 Å². The van der Waals surface area contributed by atoms with Gasteiger partial charge in [-0.05, 0) is 42.7 Å². The minimum Gasteiger partial charge on any atom is -0.387 e. The zero-order valence-electron chi connectivity index (χ0n) is 10.1. The number of nitriles is 1. The number of hydrogen-bond donors (Lipinski definition) is 1. The lowest BCUT2D eigenvalue weighted by atomic mass is 9.68. The van der Waals surface area contributed by atoms with Crippen LogP contribution in [0.2, 0.25) is 0 Å². The average molecular weight is 306 g/mol. The van der Waals surface area contributed by atoms with Crippen molar-refractivity contribution >= 4 is 15.9 Å². The summed E-state index contributed by atoms with van der Waals surface area (Å²) in [7, 11) is 0. The lowest BCUT2D eigenvalue weighted by Gasteiger charge is -2.36. The second kappa shape index (κ2) is 4.36. The Labute approximate surface area is 116 Å². The first kappa shape index (κ1) is 12.2. The van der Waals surface area contributed by atoms with Gasteiger partial charge in [-0.3, -0.25) is 0 Å². The van der Waals surface area contributed by atoms with E-state index in [1.54, 1.807) is 0 Å². The number of nitrogens with zero attached hydrogens (tertiary/aromatic N) is 1. The van der Waals surface area contributed by atoms with Crippen molar-refractivity contribution in [1.82, 2.24) is 0 Å². The van der Waals surface area contributed by atoms with Gasteiger partial charge in [-0.1, -0.05) is 40.5 Å². The lowest BCUT2D eigenvalue weighted by molar-refractivity contribution is 0.0228. The van der Waals surface area contributed by atoms with Gasteiger partial charge in [0.15, 0.2) is 0 Å². The third kappa shape index (κ3) is 1.63. The van der Waals surface area contributed by atoms with Crippen LogP contribution < -0.4 is 0 Å². The van der Waals surface area contributed by atoms with Crippen molar-refractivity contribution in [1.29, 1.82) is 5.26 Å². The van der Waals surface area contributed by atoms with Crippen molar-refractivity contribution in [3.05, 3.63) is 34.3 Å². The number of halogens is 1. The highest BCUT2D eigenvalue weighted by Gasteiger charge is 2.55. The molecular formula is C15H16BrNO. The van der Waals surface area contributed by atoms with Crippen molar-refractivity contribution < 1.29 is 5.11 Å². The van der Waals surface area contributed by atoms with Crippen LogP contribution in [0.15, 0.2) is 28.7 Å². The summed E-state index contributed by atoms with van der Waals surface area (Å²) in [5, 5.41) is 20.4. The molecule has 94 valence electrons. The fourth-order valence-corrected chi connectivity index (χ4v) is 4.38. The molecule has 3 rings (SSSR count). The minimum atomic E-state index is -0.673. The molecule has 0 spiro atoms. The van der Waals surface area contributed by atoms with E-state index in [0.29, 0.717) is 11.8 Å². The van der Waals surface area contributed by atoms with E-state index in [1.165, 1.54) is 6.42 Å². The Morgan fingerprint density at radius 3 is 2.72 bits per heavy atom. The molecule has 0 aromatic heterocycles. The monoisotopic (exact) mass is 305 g/mol. The quantitative estimate of drug-likeness (QED) is 0.903. The Hall–Kier alpha value is -0.850. The van der Waals surface area contributed by atoms with E-state index in [0.717, 1.165) is 29.3 Å². The average Bonchev–Trinajstić information content (AvgIpc) is 2.99. The zero-order chi connectivity index (χ0) is 12.8. The molecule has 0 aliphatic heterocycles. The first-order valence-corrected chi connectivity index (χ1v) is 7.30. The Bertz CT molecular complexity index is 509. The van der Waals surface area contributed by atoms with Gasteiger partial charge >= 0.3 is 0 Å². The minimum absolute atomic E-state index is 0.370. The zero-order valence-corrected chi connectivity index (χ0v) is 11.7. The number of aliphatic hydroxyl groups is 1. The number of rotatable bonds is 2. The Kier molecular flexibility index (Phi) is 2.96. The van der Waals surface area contributed by atoms with Crippen molar-refractivity contribution in [3.63, 3.8) is 0 Å². The maximum atomic E-state index is 10.7. The maximum Gasteiger partial charge on any atom is 0.0990 e. The molecule has 2 aliphatic rings. The van der Waals surface area contributed by atoms with Crippen LogP contribution >= 0.6 is 15.9 Å². The molecule has 2 nitrogen and oxygen atoms in total. The SMILES string of the molecule is N#CC1(C(O)c2ccccc2Br)CC2CCC1C2. The molecule has 2 saturated carbocycles. The van der Waals surface area contributed by atoms with Gasteiger partial charge in [0.1, 0.15) is 0 Å². The fourth-order valence-electron chi connectivity index (χ4n) is 3.88. The van der Waals surface area contributed by atoms with Gasteiger partial charge in [0.2, 0.25) is 0 Å². The molecule has 0 amide bonds. The van der Waals surface area contributed by atoms with Crippen LogP contribution in [0, 0.1) is 28.6 Å². The number of benzene rings is 1. The van der Waals surface area contributed by atoms with E-state index in [9.17, 15) is 10.4 Å². The Balaban J connectivity index is 1.99. The van der Waals surface area contributed by atoms with Gasteiger partial charge in [-0.15, -0.1) is 0 Å². The molecule has 1 aromatic carbocycles. The second-order valence-corrected chi connectivity index (χ2v) is 6.51. The fraction of sp³-hybridized carbons (Fsp3) is 0.533. The summed E-state index contributed by atoms with van der Waals surface area (Å²) in [6.07, 6.45) is 3.63. The summed E-state index contributed by atoms with van der Waals surface area (Å²) in [5.74, 6) is 1.02. The summed E-state index contributed by atoms with van der Waals surface area (Å²) >= 11 is 3.48. The van der Waals surface area contributed by atoms with Crippen LogP contribution in [0.4, 0.5) is 0 Å². The van der Waals surface area contributed by atoms with Gasteiger partial charge in [0.05, 0.1) is 17.6 Å². The van der Waals surface area contributed by atoms with E-state index in [-0.39, 0.29) is 0 Å². The first-order valence-electron chi connectivity index (χ1n) is 6.51. The smallest absolute Gasteiger partial charge is 0.0990 e.